The highest BCUT2D eigenvalue weighted by molar-refractivity contribution is 7.91. The lowest BCUT2D eigenvalue weighted by molar-refractivity contribution is -0.122. The van der Waals surface area contributed by atoms with Gasteiger partial charge in [0.25, 0.3) is 15.9 Å². The summed E-state index contributed by atoms with van der Waals surface area (Å²) in [5.74, 6) is 1.44. The van der Waals surface area contributed by atoms with Crippen LogP contribution in [0.3, 0.4) is 0 Å². The summed E-state index contributed by atoms with van der Waals surface area (Å²) in [4.78, 5) is 17.5. The molecule has 1 aliphatic rings. The maximum atomic E-state index is 13.6. The van der Waals surface area contributed by atoms with Crippen molar-refractivity contribution in [1.82, 2.24) is 8.87 Å². The largest absolute Gasteiger partial charge is 0.305 e. The molecule has 0 N–H and O–H groups in total. The van der Waals surface area contributed by atoms with Crippen molar-refractivity contribution in [1.29, 1.82) is 0 Å². The van der Waals surface area contributed by atoms with E-state index in [0.717, 1.165) is 11.3 Å². The van der Waals surface area contributed by atoms with E-state index >= 15 is 0 Å². The Morgan fingerprint density at radius 1 is 1.26 bits per heavy atom. The topological polar surface area (TPSA) is 71.7 Å². The molecule has 3 aromatic rings. The molecule has 0 bridgehead atoms. The summed E-state index contributed by atoms with van der Waals surface area (Å²) < 4.78 is 43.4. The molecule has 11 heteroatoms. The van der Waals surface area contributed by atoms with Crippen molar-refractivity contribution in [2.75, 3.05) is 13.1 Å². The molecule has 6 nitrogen and oxygen atoms in total. The number of fused-ring (bicyclic) bond motifs is 1. The fourth-order valence-corrected chi connectivity index (χ4v) is 7.64. The van der Waals surface area contributed by atoms with E-state index in [1.807, 2.05) is 0 Å². The van der Waals surface area contributed by atoms with Crippen LogP contribution in [0.4, 0.5) is 4.39 Å². The number of hydrogen-bond acceptors (Lipinski definition) is 5. The monoisotopic (exact) mass is 497 g/mol. The SMILES string of the molecule is C#CCn1c(=NC(=O)C2CCN(S(=O)(=O)c3ccc(Cl)s3)CC2)sc2cc(F)ccc21. The number of terminal acetylenes is 1. The maximum Gasteiger partial charge on any atom is 0.252 e. The van der Waals surface area contributed by atoms with Crippen molar-refractivity contribution in [3.63, 3.8) is 0 Å². The molecule has 1 aromatic carbocycles. The number of nitrogens with zero attached hydrogens (tertiary/aromatic N) is 3. The summed E-state index contributed by atoms with van der Waals surface area (Å²) in [5.41, 5.74) is 0.714. The van der Waals surface area contributed by atoms with Crippen molar-refractivity contribution in [2.24, 2.45) is 10.9 Å². The molecule has 3 heterocycles. The van der Waals surface area contributed by atoms with Gasteiger partial charge in [0.15, 0.2) is 4.80 Å². The first kappa shape index (κ1) is 22.2. The Balaban J connectivity index is 1.54. The number of rotatable bonds is 4. The minimum atomic E-state index is -3.62. The summed E-state index contributed by atoms with van der Waals surface area (Å²) in [6.45, 7) is 0.662. The van der Waals surface area contributed by atoms with Crippen LogP contribution in [0.1, 0.15) is 12.8 Å². The number of thiazole rings is 1. The molecule has 0 atom stereocenters. The highest BCUT2D eigenvalue weighted by atomic mass is 35.5. The average molecular weight is 498 g/mol. The molecule has 2 aromatic heterocycles. The molecule has 0 spiro atoms. The number of benzene rings is 1. The van der Waals surface area contributed by atoms with E-state index in [2.05, 4.69) is 10.9 Å². The third kappa shape index (κ3) is 4.47. The van der Waals surface area contributed by atoms with Crippen molar-refractivity contribution >= 4 is 60.4 Å². The molecule has 1 amide bonds. The molecule has 0 unspecified atom stereocenters. The fraction of sp³-hybridized carbons (Fsp3) is 0.300. The van der Waals surface area contributed by atoms with Gasteiger partial charge in [0.1, 0.15) is 10.0 Å². The maximum absolute atomic E-state index is 13.6. The number of halogens is 2. The minimum Gasteiger partial charge on any atom is -0.305 e. The van der Waals surface area contributed by atoms with Crippen LogP contribution in [-0.4, -0.2) is 36.3 Å². The van der Waals surface area contributed by atoms with Crippen LogP contribution in [0.2, 0.25) is 4.34 Å². The number of hydrogen-bond donors (Lipinski definition) is 0. The fourth-order valence-electron chi connectivity index (χ4n) is 3.47. The second-order valence-corrected chi connectivity index (χ2v) is 11.9. The van der Waals surface area contributed by atoms with Crippen molar-refractivity contribution in [3.8, 4) is 12.3 Å². The Morgan fingerprint density at radius 3 is 2.65 bits per heavy atom. The zero-order valence-corrected chi connectivity index (χ0v) is 19.3. The third-order valence-electron chi connectivity index (χ3n) is 5.05. The lowest BCUT2D eigenvalue weighted by atomic mass is 9.98. The summed E-state index contributed by atoms with van der Waals surface area (Å²) in [6.07, 6.45) is 6.19. The van der Waals surface area contributed by atoms with Gasteiger partial charge in [-0.1, -0.05) is 28.9 Å². The van der Waals surface area contributed by atoms with Gasteiger partial charge in [-0.3, -0.25) is 4.79 Å². The molecule has 1 fully saturated rings. The second kappa shape index (κ2) is 8.84. The number of carbonyl (C=O) groups is 1. The van der Waals surface area contributed by atoms with Gasteiger partial charge in [0.2, 0.25) is 0 Å². The lowest BCUT2D eigenvalue weighted by Gasteiger charge is -2.29. The van der Waals surface area contributed by atoms with E-state index in [1.165, 1.54) is 33.8 Å². The summed E-state index contributed by atoms with van der Waals surface area (Å²) in [7, 11) is -3.62. The molecule has 31 heavy (non-hydrogen) atoms. The Kier molecular flexibility index (Phi) is 6.32. The number of sulfonamides is 1. The number of amides is 1. The average Bonchev–Trinajstić information content (AvgIpc) is 3.32. The van der Waals surface area contributed by atoms with Gasteiger partial charge in [0, 0.05) is 19.0 Å². The van der Waals surface area contributed by atoms with Crippen LogP contribution in [-0.2, 0) is 21.4 Å². The quantitative estimate of drug-likeness (QED) is 0.516. The number of carbonyl (C=O) groups excluding carboxylic acids is 1. The summed E-state index contributed by atoms with van der Waals surface area (Å²) in [6, 6.07) is 7.38. The van der Waals surface area contributed by atoms with Crippen LogP contribution in [0.25, 0.3) is 10.2 Å². The smallest absolute Gasteiger partial charge is 0.252 e. The standard InChI is InChI=1S/C20H17ClFN3O3S3/c1-2-9-25-15-4-3-14(22)12-16(15)29-20(25)23-19(26)13-7-10-24(11-8-13)31(27,28)18-6-5-17(21)30-18/h1,3-6,12-13H,7-11H2. The van der Waals surface area contributed by atoms with Crippen LogP contribution in [0.15, 0.2) is 39.5 Å². The number of aromatic nitrogens is 1. The van der Waals surface area contributed by atoms with E-state index in [1.54, 1.807) is 16.7 Å². The molecule has 0 aliphatic carbocycles. The first-order chi connectivity index (χ1) is 14.8. The Hall–Kier alpha value is -2.03. The molecular weight excluding hydrogens is 481 g/mol. The van der Waals surface area contributed by atoms with E-state index in [-0.39, 0.29) is 41.5 Å². The number of thiophene rings is 1. The van der Waals surface area contributed by atoms with E-state index in [4.69, 9.17) is 18.0 Å². The van der Waals surface area contributed by atoms with Crippen molar-refractivity contribution in [2.45, 2.75) is 23.6 Å². The van der Waals surface area contributed by atoms with Gasteiger partial charge in [-0.15, -0.1) is 17.8 Å². The first-order valence-corrected chi connectivity index (χ1v) is 12.8. The second-order valence-electron chi connectivity index (χ2n) is 6.97. The van der Waals surface area contributed by atoms with Crippen LogP contribution in [0, 0.1) is 24.1 Å². The molecule has 0 radical (unpaired) electrons. The van der Waals surface area contributed by atoms with Gasteiger partial charge in [-0.05, 0) is 43.2 Å². The Morgan fingerprint density at radius 2 is 2.00 bits per heavy atom. The van der Waals surface area contributed by atoms with Crippen molar-refractivity contribution < 1.29 is 17.6 Å². The zero-order chi connectivity index (χ0) is 22.2. The van der Waals surface area contributed by atoms with Gasteiger partial charge in [-0.2, -0.15) is 9.30 Å². The van der Waals surface area contributed by atoms with Crippen molar-refractivity contribution in [3.05, 3.63) is 45.3 Å². The number of piperidine rings is 1. The third-order valence-corrected chi connectivity index (χ3v) is 9.68. The summed E-state index contributed by atoms with van der Waals surface area (Å²) >= 11 is 8.07. The minimum absolute atomic E-state index is 0.194. The lowest BCUT2D eigenvalue weighted by Crippen LogP contribution is -2.40. The zero-order valence-electron chi connectivity index (χ0n) is 16.1. The normalized spacial score (nSPS) is 16.6. The molecular formula is C20H17ClFN3O3S3. The van der Waals surface area contributed by atoms with E-state index in [0.29, 0.717) is 32.2 Å². The predicted molar refractivity (Wildman–Crippen MR) is 120 cm³/mol. The highest BCUT2D eigenvalue weighted by Gasteiger charge is 2.33. The highest BCUT2D eigenvalue weighted by Crippen LogP contribution is 2.30. The van der Waals surface area contributed by atoms with Gasteiger partial charge < -0.3 is 4.57 Å². The summed E-state index contributed by atoms with van der Waals surface area (Å²) in [5, 5.41) is 0. The van der Waals surface area contributed by atoms with Gasteiger partial charge in [0.05, 0.1) is 21.1 Å². The van der Waals surface area contributed by atoms with Crippen LogP contribution >= 0.6 is 34.3 Å². The van der Waals surface area contributed by atoms with Gasteiger partial charge >= 0.3 is 0 Å². The van der Waals surface area contributed by atoms with Gasteiger partial charge in [-0.25, -0.2) is 12.8 Å². The van der Waals surface area contributed by atoms with E-state index < -0.39 is 10.0 Å². The molecule has 0 saturated carbocycles. The van der Waals surface area contributed by atoms with Crippen LogP contribution in [0.5, 0.6) is 0 Å². The molecule has 1 aliphatic heterocycles. The Bertz CT molecular complexity index is 1360. The molecule has 162 valence electrons. The van der Waals surface area contributed by atoms with Crippen LogP contribution < -0.4 is 4.80 Å². The van der Waals surface area contributed by atoms with E-state index in [9.17, 15) is 17.6 Å². The Labute approximate surface area is 191 Å². The molecule has 1 saturated heterocycles. The first-order valence-electron chi connectivity index (χ1n) is 9.36. The predicted octanol–water partition coefficient (Wildman–Crippen LogP) is 3.72. The molecule has 4 rings (SSSR count).